The molecule has 0 spiro atoms. The van der Waals surface area contributed by atoms with Gasteiger partial charge in [0.1, 0.15) is 6.33 Å². The molecule has 1 aromatic heterocycles. The van der Waals surface area contributed by atoms with E-state index in [4.69, 9.17) is 5.73 Å². The number of nitro benzene ring substituents is 1. The molecular formula is C11H9N7O4. The van der Waals surface area contributed by atoms with Crippen molar-refractivity contribution in [2.24, 2.45) is 5.10 Å². The molecule has 1 aromatic carbocycles. The second kappa shape index (κ2) is 6.21. The maximum absolute atomic E-state index is 10.9. The molecule has 0 bridgehead atoms. The van der Waals surface area contributed by atoms with Crippen molar-refractivity contribution in [1.29, 1.82) is 0 Å². The average Bonchev–Trinajstić information content (AvgIpc) is 2.47. The van der Waals surface area contributed by atoms with Crippen molar-refractivity contribution >= 4 is 29.2 Å². The van der Waals surface area contributed by atoms with E-state index in [0.717, 1.165) is 6.33 Å². The number of rotatable bonds is 5. The molecule has 0 saturated carbocycles. The van der Waals surface area contributed by atoms with Crippen LogP contribution in [0.1, 0.15) is 5.56 Å². The van der Waals surface area contributed by atoms with Gasteiger partial charge < -0.3 is 5.73 Å². The van der Waals surface area contributed by atoms with Gasteiger partial charge in [-0.15, -0.1) is 0 Å². The standard InChI is InChI=1S/C11H9N7O4/c12-10-9(18(21)22)11(14-6-13-10)16-15-5-7-2-1-3-8(4-7)17(19)20/h1-6H,(H3,12,13,14,16)/b15-5-. The van der Waals surface area contributed by atoms with E-state index in [0.29, 0.717) is 5.56 Å². The Labute approximate surface area is 122 Å². The number of aromatic nitrogens is 2. The molecule has 11 heteroatoms. The first-order chi connectivity index (χ1) is 10.5. The normalized spacial score (nSPS) is 10.5. The van der Waals surface area contributed by atoms with E-state index in [1.807, 2.05) is 0 Å². The molecule has 2 rings (SSSR count). The van der Waals surface area contributed by atoms with Gasteiger partial charge in [0.2, 0.25) is 11.6 Å². The highest BCUT2D eigenvalue weighted by atomic mass is 16.6. The number of benzene rings is 1. The number of nitrogen functional groups attached to an aromatic ring is 1. The molecule has 2 aromatic rings. The van der Waals surface area contributed by atoms with E-state index in [-0.39, 0.29) is 17.3 Å². The molecule has 0 aliphatic carbocycles. The van der Waals surface area contributed by atoms with Gasteiger partial charge in [-0.3, -0.25) is 25.7 Å². The number of hydrazone groups is 1. The van der Waals surface area contributed by atoms with Crippen LogP contribution in [0.2, 0.25) is 0 Å². The highest BCUT2D eigenvalue weighted by molar-refractivity contribution is 5.81. The lowest BCUT2D eigenvalue weighted by atomic mass is 10.2. The van der Waals surface area contributed by atoms with Gasteiger partial charge in [0.25, 0.3) is 5.69 Å². The molecule has 22 heavy (non-hydrogen) atoms. The maximum Gasteiger partial charge on any atom is 0.354 e. The largest absolute Gasteiger partial charge is 0.378 e. The summed E-state index contributed by atoms with van der Waals surface area (Å²) in [5.74, 6) is -0.479. The maximum atomic E-state index is 10.9. The fourth-order valence-corrected chi connectivity index (χ4v) is 1.54. The van der Waals surface area contributed by atoms with Crippen LogP contribution in [0.15, 0.2) is 35.7 Å². The zero-order chi connectivity index (χ0) is 16.1. The quantitative estimate of drug-likeness (QED) is 0.474. The monoisotopic (exact) mass is 303 g/mol. The van der Waals surface area contributed by atoms with Crippen LogP contribution in [0.25, 0.3) is 0 Å². The fraction of sp³-hybridized carbons (Fsp3) is 0. The minimum atomic E-state index is -0.736. The van der Waals surface area contributed by atoms with Crippen LogP contribution < -0.4 is 11.2 Å². The summed E-state index contributed by atoms with van der Waals surface area (Å²) in [6.07, 6.45) is 2.31. The van der Waals surface area contributed by atoms with E-state index in [9.17, 15) is 20.2 Å². The van der Waals surface area contributed by atoms with E-state index in [1.165, 1.54) is 24.4 Å². The molecule has 0 unspecified atom stereocenters. The zero-order valence-corrected chi connectivity index (χ0v) is 10.9. The van der Waals surface area contributed by atoms with Crippen LogP contribution in [0.3, 0.4) is 0 Å². The predicted octanol–water partition coefficient (Wildman–Crippen LogP) is 1.32. The Morgan fingerprint density at radius 2 is 2.00 bits per heavy atom. The number of anilines is 2. The molecule has 0 aliphatic rings. The van der Waals surface area contributed by atoms with E-state index in [1.54, 1.807) is 6.07 Å². The smallest absolute Gasteiger partial charge is 0.354 e. The molecule has 0 saturated heterocycles. The lowest BCUT2D eigenvalue weighted by Crippen LogP contribution is -2.04. The zero-order valence-electron chi connectivity index (χ0n) is 10.9. The van der Waals surface area contributed by atoms with Crippen molar-refractivity contribution in [3.63, 3.8) is 0 Å². The lowest BCUT2D eigenvalue weighted by Gasteiger charge is -2.01. The van der Waals surface area contributed by atoms with Gasteiger partial charge in [-0.25, -0.2) is 9.97 Å². The summed E-state index contributed by atoms with van der Waals surface area (Å²) in [6, 6.07) is 5.71. The van der Waals surface area contributed by atoms with E-state index in [2.05, 4.69) is 20.5 Å². The molecule has 0 amide bonds. The van der Waals surface area contributed by atoms with E-state index >= 15 is 0 Å². The van der Waals surface area contributed by atoms with Crippen LogP contribution in [0.5, 0.6) is 0 Å². The molecule has 1 heterocycles. The summed E-state index contributed by atoms with van der Waals surface area (Å²) in [5, 5.41) is 25.3. The Kier molecular flexibility index (Phi) is 4.17. The average molecular weight is 303 g/mol. The van der Waals surface area contributed by atoms with Gasteiger partial charge in [0, 0.05) is 17.7 Å². The van der Waals surface area contributed by atoms with Crippen molar-refractivity contribution in [1.82, 2.24) is 9.97 Å². The molecule has 112 valence electrons. The number of nitro groups is 2. The number of hydrogen-bond donors (Lipinski definition) is 2. The molecule has 0 atom stereocenters. The highest BCUT2D eigenvalue weighted by Crippen LogP contribution is 2.26. The van der Waals surface area contributed by atoms with Crippen molar-refractivity contribution in [2.75, 3.05) is 11.2 Å². The fourth-order valence-electron chi connectivity index (χ4n) is 1.54. The van der Waals surface area contributed by atoms with Gasteiger partial charge in [-0.1, -0.05) is 12.1 Å². The van der Waals surface area contributed by atoms with Crippen LogP contribution in [-0.2, 0) is 0 Å². The Bertz CT molecular complexity index is 762. The van der Waals surface area contributed by atoms with Crippen LogP contribution in [-0.4, -0.2) is 26.0 Å². The van der Waals surface area contributed by atoms with Gasteiger partial charge in [0.05, 0.1) is 16.1 Å². The van der Waals surface area contributed by atoms with Crippen LogP contribution >= 0.6 is 0 Å². The predicted molar refractivity (Wildman–Crippen MR) is 77.4 cm³/mol. The SMILES string of the molecule is Nc1ncnc(N/N=C\c2cccc([N+](=O)[O-])c2)c1[N+](=O)[O-]. The lowest BCUT2D eigenvalue weighted by molar-refractivity contribution is -0.384. The van der Waals surface area contributed by atoms with Gasteiger partial charge in [-0.05, 0) is 0 Å². The van der Waals surface area contributed by atoms with Gasteiger partial charge in [0.15, 0.2) is 0 Å². The first kappa shape index (κ1) is 14.8. The first-order valence-corrected chi connectivity index (χ1v) is 5.77. The van der Waals surface area contributed by atoms with Crippen molar-refractivity contribution < 1.29 is 9.85 Å². The Morgan fingerprint density at radius 1 is 1.23 bits per heavy atom. The summed E-state index contributed by atoms with van der Waals surface area (Å²) in [5.41, 5.74) is 7.60. The second-order valence-electron chi connectivity index (χ2n) is 3.94. The molecule has 0 aliphatic heterocycles. The minimum absolute atomic E-state index is 0.0961. The summed E-state index contributed by atoms with van der Waals surface area (Å²) in [6.45, 7) is 0. The molecule has 11 nitrogen and oxygen atoms in total. The third-order valence-corrected chi connectivity index (χ3v) is 2.50. The number of nitrogens with one attached hydrogen (secondary N) is 1. The topological polar surface area (TPSA) is 162 Å². The third-order valence-electron chi connectivity index (χ3n) is 2.50. The van der Waals surface area contributed by atoms with Crippen molar-refractivity contribution in [2.45, 2.75) is 0 Å². The molecule has 0 radical (unpaired) electrons. The van der Waals surface area contributed by atoms with E-state index < -0.39 is 15.5 Å². The summed E-state index contributed by atoms with van der Waals surface area (Å²) < 4.78 is 0. The number of nitrogens with two attached hydrogens (primary N) is 1. The van der Waals surface area contributed by atoms with Crippen LogP contribution in [0.4, 0.5) is 23.0 Å². The molecule has 3 N–H and O–H groups in total. The first-order valence-electron chi connectivity index (χ1n) is 5.77. The Morgan fingerprint density at radius 3 is 2.68 bits per heavy atom. The number of hydrogen-bond acceptors (Lipinski definition) is 9. The number of nitrogens with zero attached hydrogens (tertiary/aromatic N) is 5. The highest BCUT2D eigenvalue weighted by Gasteiger charge is 2.20. The van der Waals surface area contributed by atoms with Crippen LogP contribution in [0, 0.1) is 20.2 Å². The summed E-state index contributed by atoms with van der Waals surface area (Å²) in [7, 11) is 0. The molecule has 0 fully saturated rings. The summed E-state index contributed by atoms with van der Waals surface area (Å²) >= 11 is 0. The van der Waals surface area contributed by atoms with Crippen molar-refractivity contribution in [3.8, 4) is 0 Å². The minimum Gasteiger partial charge on any atom is -0.378 e. The van der Waals surface area contributed by atoms with Gasteiger partial charge >= 0.3 is 5.69 Å². The van der Waals surface area contributed by atoms with Crippen molar-refractivity contribution in [3.05, 3.63) is 56.4 Å². The van der Waals surface area contributed by atoms with Gasteiger partial charge in [-0.2, -0.15) is 5.10 Å². The number of non-ortho nitro benzene ring substituents is 1. The molecular weight excluding hydrogens is 294 g/mol. The third kappa shape index (κ3) is 3.27. The summed E-state index contributed by atoms with van der Waals surface area (Å²) in [4.78, 5) is 27.4. The Hall–Kier alpha value is -3.63. The Balaban J connectivity index is 2.20. The second-order valence-corrected chi connectivity index (χ2v) is 3.94.